The van der Waals surface area contributed by atoms with Crippen LogP contribution in [-0.4, -0.2) is 44.7 Å². The fourth-order valence-electron chi connectivity index (χ4n) is 1.69. The van der Waals surface area contributed by atoms with Gasteiger partial charge in [-0.2, -0.15) is 11.8 Å². The molecular formula is C16H29IN4S. The van der Waals surface area contributed by atoms with Crippen LogP contribution in [0.2, 0.25) is 0 Å². The number of halogens is 1. The molecule has 0 heterocycles. The maximum Gasteiger partial charge on any atom is 0.191 e. The van der Waals surface area contributed by atoms with E-state index in [1.807, 2.05) is 25.9 Å². The van der Waals surface area contributed by atoms with Crippen molar-refractivity contribution >= 4 is 47.4 Å². The SMILES string of the molecule is CN=C(NCc1ccc(N(C)C)cc1)NCC(C)(C)SC.I. The summed E-state index contributed by atoms with van der Waals surface area (Å²) in [5.41, 5.74) is 2.45. The molecule has 4 nitrogen and oxygen atoms in total. The van der Waals surface area contributed by atoms with Gasteiger partial charge in [-0.05, 0) is 37.8 Å². The van der Waals surface area contributed by atoms with Gasteiger partial charge in [-0.3, -0.25) is 4.99 Å². The zero-order valence-electron chi connectivity index (χ0n) is 14.4. The van der Waals surface area contributed by atoms with Gasteiger partial charge in [0.2, 0.25) is 0 Å². The Morgan fingerprint density at radius 2 is 1.77 bits per heavy atom. The van der Waals surface area contributed by atoms with Crippen LogP contribution in [0.3, 0.4) is 0 Å². The van der Waals surface area contributed by atoms with E-state index in [0.29, 0.717) is 0 Å². The number of nitrogens with one attached hydrogen (secondary N) is 2. The summed E-state index contributed by atoms with van der Waals surface area (Å²) in [5, 5.41) is 6.72. The van der Waals surface area contributed by atoms with Crippen molar-refractivity contribution in [3.8, 4) is 0 Å². The Balaban J connectivity index is 0.00000441. The summed E-state index contributed by atoms with van der Waals surface area (Å²) < 4.78 is 0.199. The molecule has 0 unspecified atom stereocenters. The zero-order chi connectivity index (χ0) is 15.9. The molecule has 0 fully saturated rings. The Kier molecular flexibility index (Phi) is 9.91. The molecule has 126 valence electrons. The molecule has 0 saturated heterocycles. The smallest absolute Gasteiger partial charge is 0.191 e. The van der Waals surface area contributed by atoms with E-state index in [2.05, 4.69) is 64.9 Å². The second-order valence-corrected chi connectivity index (χ2v) is 7.32. The van der Waals surface area contributed by atoms with E-state index in [-0.39, 0.29) is 28.7 Å². The molecule has 22 heavy (non-hydrogen) atoms. The van der Waals surface area contributed by atoms with E-state index in [0.717, 1.165) is 19.0 Å². The predicted molar refractivity (Wildman–Crippen MR) is 112 cm³/mol. The first-order valence-electron chi connectivity index (χ1n) is 7.14. The van der Waals surface area contributed by atoms with Crippen LogP contribution in [0, 0.1) is 0 Å². The van der Waals surface area contributed by atoms with Gasteiger partial charge in [0.05, 0.1) is 0 Å². The summed E-state index contributed by atoms with van der Waals surface area (Å²) in [6, 6.07) is 8.54. The van der Waals surface area contributed by atoms with Crippen molar-refractivity contribution in [2.75, 3.05) is 38.8 Å². The molecule has 0 aliphatic rings. The molecule has 0 atom stereocenters. The lowest BCUT2D eigenvalue weighted by molar-refractivity contribution is 0.664. The Labute approximate surface area is 156 Å². The highest BCUT2D eigenvalue weighted by Gasteiger charge is 2.15. The molecule has 0 amide bonds. The lowest BCUT2D eigenvalue weighted by Gasteiger charge is -2.23. The highest BCUT2D eigenvalue weighted by atomic mass is 127. The molecule has 2 N–H and O–H groups in total. The van der Waals surface area contributed by atoms with Gasteiger partial charge in [-0.1, -0.05) is 12.1 Å². The molecule has 0 aliphatic carbocycles. The van der Waals surface area contributed by atoms with Gasteiger partial charge in [-0.25, -0.2) is 0 Å². The van der Waals surface area contributed by atoms with Gasteiger partial charge < -0.3 is 15.5 Å². The molecule has 0 aromatic heterocycles. The van der Waals surface area contributed by atoms with E-state index in [1.165, 1.54) is 11.3 Å². The molecular weight excluding hydrogens is 407 g/mol. The monoisotopic (exact) mass is 436 g/mol. The van der Waals surface area contributed by atoms with E-state index in [1.54, 1.807) is 7.05 Å². The van der Waals surface area contributed by atoms with Crippen LogP contribution in [0.15, 0.2) is 29.3 Å². The van der Waals surface area contributed by atoms with Crippen molar-refractivity contribution in [3.05, 3.63) is 29.8 Å². The molecule has 1 aromatic rings. The molecule has 0 bridgehead atoms. The van der Waals surface area contributed by atoms with Crippen molar-refractivity contribution in [1.29, 1.82) is 0 Å². The Hall–Kier alpha value is -0.630. The van der Waals surface area contributed by atoms with Crippen LogP contribution in [0.4, 0.5) is 5.69 Å². The van der Waals surface area contributed by atoms with Crippen molar-refractivity contribution in [3.63, 3.8) is 0 Å². The molecule has 0 radical (unpaired) electrons. The van der Waals surface area contributed by atoms with Crippen LogP contribution in [0.5, 0.6) is 0 Å². The Bertz CT molecular complexity index is 458. The summed E-state index contributed by atoms with van der Waals surface area (Å²) in [6.07, 6.45) is 2.13. The third-order valence-electron chi connectivity index (χ3n) is 3.37. The fourth-order valence-corrected chi connectivity index (χ4v) is 1.90. The van der Waals surface area contributed by atoms with Gasteiger partial charge in [0.25, 0.3) is 0 Å². The normalized spacial score (nSPS) is 11.6. The minimum absolute atomic E-state index is 0. The maximum absolute atomic E-state index is 4.26. The van der Waals surface area contributed by atoms with Crippen LogP contribution in [0.25, 0.3) is 0 Å². The lowest BCUT2D eigenvalue weighted by atomic mass is 10.2. The van der Waals surface area contributed by atoms with Gasteiger partial charge in [0, 0.05) is 44.7 Å². The number of thioether (sulfide) groups is 1. The first-order valence-corrected chi connectivity index (χ1v) is 8.36. The third kappa shape index (κ3) is 7.58. The second-order valence-electron chi connectivity index (χ2n) is 5.80. The summed E-state index contributed by atoms with van der Waals surface area (Å²) in [6.45, 7) is 6.09. The van der Waals surface area contributed by atoms with Crippen LogP contribution in [-0.2, 0) is 6.54 Å². The first-order chi connectivity index (χ1) is 9.88. The van der Waals surface area contributed by atoms with Crippen LogP contribution < -0.4 is 15.5 Å². The van der Waals surface area contributed by atoms with E-state index in [9.17, 15) is 0 Å². The summed E-state index contributed by atoms with van der Waals surface area (Å²) in [5.74, 6) is 0.841. The average molecular weight is 436 g/mol. The summed E-state index contributed by atoms with van der Waals surface area (Å²) >= 11 is 1.85. The molecule has 6 heteroatoms. The minimum Gasteiger partial charge on any atom is -0.378 e. The Morgan fingerprint density at radius 3 is 2.23 bits per heavy atom. The number of hydrogen-bond acceptors (Lipinski definition) is 3. The summed E-state index contributed by atoms with van der Waals surface area (Å²) in [4.78, 5) is 6.36. The molecule has 0 saturated carbocycles. The zero-order valence-corrected chi connectivity index (χ0v) is 17.6. The van der Waals surface area contributed by atoms with Gasteiger partial charge in [-0.15, -0.1) is 24.0 Å². The topological polar surface area (TPSA) is 39.7 Å². The largest absolute Gasteiger partial charge is 0.378 e. The number of hydrogen-bond donors (Lipinski definition) is 2. The number of nitrogens with zero attached hydrogens (tertiary/aromatic N) is 2. The second kappa shape index (κ2) is 10.2. The predicted octanol–water partition coefficient (Wildman–Crippen LogP) is 3.18. The number of guanidine groups is 1. The molecule has 0 spiro atoms. The minimum atomic E-state index is 0. The van der Waals surface area contributed by atoms with Gasteiger partial charge >= 0.3 is 0 Å². The number of benzene rings is 1. The fraction of sp³-hybridized carbons (Fsp3) is 0.562. The highest BCUT2D eigenvalue weighted by Crippen LogP contribution is 2.19. The highest BCUT2D eigenvalue weighted by molar-refractivity contribution is 14.0. The molecule has 1 aromatic carbocycles. The van der Waals surface area contributed by atoms with Crippen molar-refractivity contribution in [1.82, 2.24) is 10.6 Å². The number of anilines is 1. The maximum atomic E-state index is 4.26. The van der Waals surface area contributed by atoms with Gasteiger partial charge in [0.15, 0.2) is 5.96 Å². The van der Waals surface area contributed by atoms with Crippen molar-refractivity contribution in [2.24, 2.45) is 4.99 Å². The Morgan fingerprint density at radius 1 is 1.18 bits per heavy atom. The van der Waals surface area contributed by atoms with E-state index < -0.39 is 0 Å². The average Bonchev–Trinajstić information content (AvgIpc) is 2.48. The van der Waals surface area contributed by atoms with E-state index >= 15 is 0 Å². The quantitative estimate of drug-likeness (QED) is 0.408. The van der Waals surface area contributed by atoms with Crippen LogP contribution >= 0.6 is 35.7 Å². The van der Waals surface area contributed by atoms with Gasteiger partial charge in [0.1, 0.15) is 0 Å². The lowest BCUT2D eigenvalue weighted by Crippen LogP contribution is -2.42. The molecule has 0 aliphatic heterocycles. The van der Waals surface area contributed by atoms with Crippen molar-refractivity contribution in [2.45, 2.75) is 25.1 Å². The third-order valence-corrected chi connectivity index (χ3v) is 4.62. The number of aliphatic imine (C=N–C) groups is 1. The van der Waals surface area contributed by atoms with Crippen LogP contribution in [0.1, 0.15) is 19.4 Å². The summed E-state index contributed by atoms with van der Waals surface area (Å²) in [7, 11) is 5.90. The van der Waals surface area contributed by atoms with Crippen molar-refractivity contribution < 1.29 is 0 Å². The standard InChI is InChI=1S/C16H28N4S.HI/c1-16(2,21-6)12-19-15(17-3)18-11-13-7-9-14(10-8-13)20(4)5;/h7-10H,11-12H2,1-6H3,(H2,17,18,19);1H. The molecule has 1 rings (SSSR count). The first kappa shape index (κ1) is 21.4. The van der Waals surface area contributed by atoms with E-state index in [4.69, 9.17) is 0 Å². The number of rotatable bonds is 6.